The Bertz CT molecular complexity index is 1540. The van der Waals surface area contributed by atoms with Gasteiger partial charge in [-0.3, -0.25) is 4.79 Å². The van der Waals surface area contributed by atoms with Gasteiger partial charge in [0, 0.05) is 28.2 Å². The number of hydrogen-bond acceptors (Lipinski definition) is 4. The summed E-state index contributed by atoms with van der Waals surface area (Å²) in [6, 6.07) is 14.7. The third-order valence-corrected chi connectivity index (χ3v) is 6.14. The first-order valence-electron chi connectivity index (χ1n) is 9.10. The number of halogens is 1. The van der Waals surface area contributed by atoms with Crippen LogP contribution < -0.4 is 5.43 Å². The molecule has 0 atom stereocenters. The second-order valence-corrected chi connectivity index (χ2v) is 8.36. The van der Waals surface area contributed by atoms with Crippen molar-refractivity contribution in [2.75, 3.05) is 0 Å². The van der Waals surface area contributed by atoms with Crippen LogP contribution in [0.4, 0.5) is 5.69 Å². The van der Waals surface area contributed by atoms with E-state index in [4.69, 9.17) is 23.2 Å². The van der Waals surface area contributed by atoms with Gasteiger partial charge in [0.2, 0.25) is 0 Å². The Morgan fingerprint density at radius 2 is 1.97 bits per heavy atom. The van der Waals surface area contributed by atoms with Gasteiger partial charge in [-0.05, 0) is 48.2 Å². The lowest BCUT2D eigenvalue weighted by Gasteiger charge is -2.10. The van der Waals surface area contributed by atoms with Crippen LogP contribution in [0, 0.1) is 13.5 Å². The highest BCUT2D eigenvalue weighted by Crippen LogP contribution is 2.40. The molecule has 0 spiro atoms. The van der Waals surface area contributed by atoms with Crippen LogP contribution in [0.1, 0.15) is 5.69 Å². The number of pyridine rings is 3. The second kappa shape index (κ2) is 7.06. The zero-order chi connectivity index (χ0) is 20.8. The fraction of sp³-hybridized carbons (Fsp3) is 0.0435. The molecule has 0 aliphatic carbocycles. The monoisotopic (exact) mass is 428 g/mol. The van der Waals surface area contributed by atoms with Crippen LogP contribution in [0.2, 0.25) is 5.15 Å². The van der Waals surface area contributed by atoms with Gasteiger partial charge in [0.05, 0.1) is 22.5 Å². The van der Waals surface area contributed by atoms with Crippen LogP contribution in [0.5, 0.6) is 0 Å². The molecule has 0 bridgehead atoms. The molecule has 0 unspecified atom stereocenters. The number of fused-ring (bicyclic) bond motifs is 2. The van der Waals surface area contributed by atoms with Gasteiger partial charge in [0.15, 0.2) is 11.1 Å². The SMILES string of the molecule is [C-]#[N+]c1ccc2cc(-c3nc4[nH]ccc(=O)c4cc3-c3cc(C)nc(Cl)c3)sc2c1. The molecule has 0 saturated carbocycles. The Balaban J connectivity index is 1.84. The molecular formula is C23H13ClN4OS. The predicted octanol–water partition coefficient (Wildman–Crippen LogP) is 6.38. The minimum absolute atomic E-state index is 0.0982. The molecule has 5 nitrogen and oxygen atoms in total. The summed E-state index contributed by atoms with van der Waals surface area (Å²) in [5.41, 5.74) is 4.21. The molecule has 0 aliphatic heterocycles. The minimum atomic E-state index is -0.0982. The third-order valence-electron chi connectivity index (χ3n) is 4.84. The topological polar surface area (TPSA) is 63.0 Å². The number of thiophene rings is 1. The first kappa shape index (κ1) is 18.5. The Kier molecular flexibility index (Phi) is 4.35. The molecule has 0 radical (unpaired) electrons. The van der Waals surface area contributed by atoms with Crippen molar-refractivity contribution in [1.29, 1.82) is 0 Å². The Morgan fingerprint density at radius 1 is 1.10 bits per heavy atom. The van der Waals surface area contributed by atoms with Crippen LogP contribution >= 0.6 is 22.9 Å². The van der Waals surface area contributed by atoms with Crippen molar-refractivity contribution < 1.29 is 0 Å². The third kappa shape index (κ3) is 3.14. The smallest absolute Gasteiger partial charge is 0.191 e. The molecule has 4 heterocycles. The molecule has 0 amide bonds. The lowest BCUT2D eigenvalue weighted by atomic mass is 10.0. The number of rotatable bonds is 2. The average molecular weight is 429 g/mol. The Hall–Kier alpha value is -3.53. The minimum Gasteiger partial charge on any atom is -0.346 e. The van der Waals surface area contributed by atoms with Gasteiger partial charge in [-0.2, -0.15) is 0 Å². The van der Waals surface area contributed by atoms with Crippen molar-refractivity contribution in [3.8, 4) is 21.7 Å². The molecule has 1 aromatic carbocycles. The van der Waals surface area contributed by atoms with Gasteiger partial charge in [-0.1, -0.05) is 23.7 Å². The summed E-state index contributed by atoms with van der Waals surface area (Å²) in [7, 11) is 0. The van der Waals surface area contributed by atoms with Gasteiger partial charge in [-0.15, -0.1) is 11.3 Å². The van der Waals surface area contributed by atoms with E-state index in [2.05, 4.69) is 20.9 Å². The molecule has 144 valence electrons. The number of aromatic nitrogens is 3. The number of nitrogens with zero attached hydrogens (tertiary/aromatic N) is 3. The number of benzene rings is 1. The number of hydrogen-bond donors (Lipinski definition) is 1. The number of H-pyrrole nitrogens is 1. The lowest BCUT2D eigenvalue weighted by molar-refractivity contribution is 1.20. The van der Waals surface area contributed by atoms with Gasteiger partial charge in [0.1, 0.15) is 10.8 Å². The van der Waals surface area contributed by atoms with Crippen LogP contribution in [-0.4, -0.2) is 15.0 Å². The van der Waals surface area contributed by atoms with Crippen molar-refractivity contribution in [3.05, 3.63) is 87.2 Å². The molecule has 0 saturated heterocycles. The molecule has 4 aromatic heterocycles. The molecule has 5 aromatic rings. The van der Waals surface area contributed by atoms with E-state index in [0.717, 1.165) is 37.5 Å². The Labute approximate surface area is 180 Å². The van der Waals surface area contributed by atoms with Crippen LogP contribution in [0.25, 0.3) is 47.7 Å². The molecule has 5 rings (SSSR count). The summed E-state index contributed by atoms with van der Waals surface area (Å²) >= 11 is 7.78. The van der Waals surface area contributed by atoms with E-state index in [1.807, 2.05) is 37.3 Å². The summed E-state index contributed by atoms with van der Waals surface area (Å²) in [5, 5.41) is 1.94. The first-order valence-corrected chi connectivity index (χ1v) is 10.3. The van der Waals surface area contributed by atoms with E-state index in [1.165, 1.54) is 6.07 Å². The molecule has 0 aliphatic rings. The Morgan fingerprint density at radius 3 is 2.77 bits per heavy atom. The van der Waals surface area contributed by atoms with Gasteiger partial charge in [0.25, 0.3) is 0 Å². The highest BCUT2D eigenvalue weighted by molar-refractivity contribution is 7.22. The maximum absolute atomic E-state index is 12.4. The predicted molar refractivity (Wildman–Crippen MR) is 122 cm³/mol. The quantitative estimate of drug-likeness (QED) is 0.262. The maximum atomic E-state index is 12.4. The fourth-order valence-corrected chi connectivity index (χ4v) is 4.85. The normalized spacial score (nSPS) is 11.1. The van der Waals surface area contributed by atoms with Crippen molar-refractivity contribution in [1.82, 2.24) is 15.0 Å². The zero-order valence-corrected chi connectivity index (χ0v) is 17.3. The van der Waals surface area contributed by atoms with Gasteiger partial charge in [-0.25, -0.2) is 14.8 Å². The summed E-state index contributed by atoms with van der Waals surface area (Å²) in [6.45, 7) is 9.13. The number of aryl methyl sites for hydroxylation is 1. The molecule has 30 heavy (non-hydrogen) atoms. The van der Waals surface area contributed by atoms with Crippen molar-refractivity contribution in [2.24, 2.45) is 0 Å². The van der Waals surface area contributed by atoms with Gasteiger partial charge < -0.3 is 4.98 Å². The van der Waals surface area contributed by atoms with E-state index in [0.29, 0.717) is 21.9 Å². The van der Waals surface area contributed by atoms with E-state index >= 15 is 0 Å². The molecule has 1 N–H and O–H groups in total. The number of nitrogens with one attached hydrogen (secondary N) is 1. The standard InChI is InChI=1S/C23H13ClN4OS/c1-12-7-14(9-21(24)27-12)16-11-17-18(29)5-6-26-23(17)28-22(16)20-8-13-3-4-15(25-2)10-19(13)30-20/h3-11H,1H3,(H,26,28,29). The van der Waals surface area contributed by atoms with Crippen molar-refractivity contribution >= 4 is 49.7 Å². The van der Waals surface area contributed by atoms with Crippen molar-refractivity contribution in [3.63, 3.8) is 0 Å². The highest BCUT2D eigenvalue weighted by Gasteiger charge is 2.16. The maximum Gasteiger partial charge on any atom is 0.191 e. The molecular weight excluding hydrogens is 416 g/mol. The van der Waals surface area contributed by atoms with E-state index in [1.54, 1.807) is 23.6 Å². The summed E-state index contributed by atoms with van der Waals surface area (Å²) < 4.78 is 1.01. The van der Waals surface area contributed by atoms with E-state index in [-0.39, 0.29) is 5.43 Å². The summed E-state index contributed by atoms with van der Waals surface area (Å²) in [5.74, 6) is 0. The summed E-state index contributed by atoms with van der Waals surface area (Å²) in [4.78, 5) is 29.0. The second-order valence-electron chi connectivity index (χ2n) is 6.89. The van der Waals surface area contributed by atoms with E-state index in [9.17, 15) is 4.79 Å². The molecule has 0 fully saturated rings. The number of aromatic amines is 1. The first-order chi connectivity index (χ1) is 14.5. The highest BCUT2D eigenvalue weighted by atomic mass is 35.5. The average Bonchev–Trinajstić information content (AvgIpc) is 3.15. The lowest BCUT2D eigenvalue weighted by Crippen LogP contribution is -2.03. The van der Waals surface area contributed by atoms with Crippen LogP contribution in [0.3, 0.4) is 0 Å². The summed E-state index contributed by atoms with van der Waals surface area (Å²) in [6.07, 6.45) is 1.60. The zero-order valence-electron chi connectivity index (χ0n) is 15.7. The van der Waals surface area contributed by atoms with Crippen LogP contribution in [0.15, 0.2) is 59.5 Å². The van der Waals surface area contributed by atoms with Gasteiger partial charge >= 0.3 is 0 Å². The largest absolute Gasteiger partial charge is 0.346 e. The molecule has 7 heteroatoms. The van der Waals surface area contributed by atoms with Crippen molar-refractivity contribution in [2.45, 2.75) is 6.92 Å². The van der Waals surface area contributed by atoms with E-state index < -0.39 is 0 Å². The fourth-order valence-electron chi connectivity index (χ4n) is 3.49. The van der Waals surface area contributed by atoms with Crippen LogP contribution in [-0.2, 0) is 0 Å².